The summed E-state index contributed by atoms with van der Waals surface area (Å²) in [5.41, 5.74) is 2.55. The van der Waals surface area contributed by atoms with Gasteiger partial charge in [0.2, 0.25) is 0 Å². The minimum Gasteiger partial charge on any atom is -0.462 e. The maximum atomic E-state index is 11.6. The molecule has 0 radical (unpaired) electrons. The van der Waals surface area contributed by atoms with E-state index in [1.165, 1.54) is 0 Å². The average molecular weight is 206 g/mol. The largest absolute Gasteiger partial charge is 0.462 e. The number of hydrogen-bond acceptors (Lipinski definition) is 3. The topological polar surface area (TPSA) is 43.4 Å². The molecule has 0 heterocycles. The van der Waals surface area contributed by atoms with E-state index in [0.29, 0.717) is 24.0 Å². The number of ether oxygens (including phenoxy) is 1. The van der Waals surface area contributed by atoms with Gasteiger partial charge in [0.05, 0.1) is 12.2 Å². The van der Waals surface area contributed by atoms with E-state index in [9.17, 15) is 9.59 Å². The van der Waals surface area contributed by atoms with Gasteiger partial charge in [-0.15, -0.1) is 0 Å². The Labute approximate surface area is 89.1 Å². The number of aldehydes is 1. The Morgan fingerprint density at radius 3 is 2.60 bits per heavy atom. The highest BCUT2D eigenvalue weighted by molar-refractivity contribution is 5.99. The molecule has 1 aromatic carbocycles. The van der Waals surface area contributed by atoms with Crippen LogP contribution in [0.5, 0.6) is 0 Å². The van der Waals surface area contributed by atoms with E-state index in [1.54, 1.807) is 13.0 Å². The van der Waals surface area contributed by atoms with Crippen LogP contribution in [-0.4, -0.2) is 18.9 Å². The molecule has 0 aliphatic rings. The van der Waals surface area contributed by atoms with Gasteiger partial charge >= 0.3 is 5.97 Å². The smallest absolute Gasteiger partial charge is 0.339 e. The fraction of sp³-hybridized carbons (Fsp3) is 0.333. The SMILES string of the molecule is CCOC(=O)c1c(C=O)ccc(C)c1C. The van der Waals surface area contributed by atoms with Crippen molar-refractivity contribution in [2.45, 2.75) is 20.8 Å². The summed E-state index contributed by atoms with van der Waals surface area (Å²) in [6.45, 7) is 5.76. The molecule has 0 amide bonds. The van der Waals surface area contributed by atoms with Crippen molar-refractivity contribution in [1.82, 2.24) is 0 Å². The third-order valence-electron chi connectivity index (χ3n) is 2.37. The Morgan fingerprint density at radius 1 is 1.40 bits per heavy atom. The summed E-state index contributed by atoms with van der Waals surface area (Å²) in [5.74, 6) is -0.430. The second kappa shape index (κ2) is 4.73. The molecule has 0 saturated carbocycles. The molecule has 0 aromatic heterocycles. The molecule has 0 N–H and O–H groups in total. The molecule has 15 heavy (non-hydrogen) atoms. The molecule has 1 rings (SSSR count). The summed E-state index contributed by atoms with van der Waals surface area (Å²) >= 11 is 0. The Kier molecular flexibility index (Phi) is 3.61. The number of carbonyl (C=O) groups excluding carboxylic acids is 2. The first-order chi connectivity index (χ1) is 7.11. The Hall–Kier alpha value is -1.64. The highest BCUT2D eigenvalue weighted by Crippen LogP contribution is 2.18. The van der Waals surface area contributed by atoms with Crippen LogP contribution in [0.2, 0.25) is 0 Å². The molecule has 0 bridgehead atoms. The summed E-state index contributed by atoms with van der Waals surface area (Å²) in [5, 5.41) is 0. The van der Waals surface area contributed by atoms with Gasteiger partial charge in [-0.2, -0.15) is 0 Å². The third kappa shape index (κ3) is 2.24. The molecule has 0 aliphatic heterocycles. The lowest BCUT2D eigenvalue weighted by molar-refractivity contribution is 0.0523. The first-order valence-electron chi connectivity index (χ1n) is 4.84. The van der Waals surface area contributed by atoms with E-state index < -0.39 is 5.97 Å². The van der Waals surface area contributed by atoms with Crippen LogP contribution in [0.3, 0.4) is 0 Å². The van der Waals surface area contributed by atoms with Gasteiger partial charge in [-0.1, -0.05) is 12.1 Å². The van der Waals surface area contributed by atoms with Gasteiger partial charge in [0, 0.05) is 5.56 Å². The zero-order valence-electron chi connectivity index (χ0n) is 9.16. The highest BCUT2D eigenvalue weighted by Gasteiger charge is 2.16. The monoisotopic (exact) mass is 206 g/mol. The number of benzene rings is 1. The van der Waals surface area contributed by atoms with E-state index in [2.05, 4.69) is 0 Å². The van der Waals surface area contributed by atoms with Crippen LogP contribution in [0.25, 0.3) is 0 Å². The summed E-state index contributed by atoms with van der Waals surface area (Å²) < 4.78 is 4.91. The molecule has 3 heteroatoms. The first kappa shape index (κ1) is 11.4. The molecule has 80 valence electrons. The molecule has 0 saturated heterocycles. The van der Waals surface area contributed by atoms with Gasteiger partial charge in [-0.3, -0.25) is 4.79 Å². The van der Waals surface area contributed by atoms with Crippen molar-refractivity contribution in [3.8, 4) is 0 Å². The van der Waals surface area contributed by atoms with E-state index in [1.807, 2.05) is 19.9 Å². The quantitative estimate of drug-likeness (QED) is 0.563. The third-order valence-corrected chi connectivity index (χ3v) is 2.37. The predicted octanol–water partition coefficient (Wildman–Crippen LogP) is 2.29. The molecule has 0 aliphatic carbocycles. The van der Waals surface area contributed by atoms with E-state index >= 15 is 0 Å². The Morgan fingerprint density at radius 2 is 2.07 bits per heavy atom. The van der Waals surface area contributed by atoms with Crippen molar-refractivity contribution >= 4 is 12.3 Å². The van der Waals surface area contributed by atoms with Gasteiger partial charge < -0.3 is 4.74 Å². The van der Waals surface area contributed by atoms with Crippen LogP contribution in [0.4, 0.5) is 0 Å². The second-order valence-corrected chi connectivity index (χ2v) is 3.31. The Balaban J connectivity index is 3.29. The zero-order valence-corrected chi connectivity index (χ0v) is 9.16. The van der Waals surface area contributed by atoms with Crippen LogP contribution in [0.1, 0.15) is 38.8 Å². The van der Waals surface area contributed by atoms with Crippen LogP contribution in [0.15, 0.2) is 12.1 Å². The summed E-state index contributed by atoms with van der Waals surface area (Å²) in [6, 6.07) is 3.46. The lowest BCUT2D eigenvalue weighted by Gasteiger charge is -2.10. The normalized spacial score (nSPS) is 9.80. The Bertz CT molecular complexity index is 394. The summed E-state index contributed by atoms with van der Waals surface area (Å²) in [4.78, 5) is 22.4. The van der Waals surface area contributed by atoms with Crippen molar-refractivity contribution in [2.75, 3.05) is 6.61 Å². The van der Waals surface area contributed by atoms with E-state index in [4.69, 9.17) is 4.74 Å². The van der Waals surface area contributed by atoms with Gasteiger partial charge in [0.25, 0.3) is 0 Å². The van der Waals surface area contributed by atoms with Crippen molar-refractivity contribution in [2.24, 2.45) is 0 Å². The number of esters is 1. The van der Waals surface area contributed by atoms with Crippen molar-refractivity contribution in [3.63, 3.8) is 0 Å². The maximum Gasteiger partial charge on any atom is 0.339 e. The molecular formula is C12H14O3. The van der Waals surface area contributed by atoms with Crippen LogP contribution in [-0.2, 0) is 4.74 Å². The lowest BCUT2D eigenvalue weighted by atomic mass is 9.98. The van der Waals surface area contributed by atoms with E-state index in [0.717, 1.165) is 11.1 Å². The molecular weight excluding hydrogens is 192 g/mol. The average Bonchev–Trinajstić information content (AvgIpc) is 2.22. The van der Waals surface area contributed by atoms with Gasteiger partial charge in [-0.25, -0.2) is 4.79 Å². The first-order valence-corrected chi connectivity index (χ1v) is 4.84. The minimum atomic E-state index is -0.430. The minimum absolute atomic E-state index is 0.310. The molecule has 0 unspecified atom stereocenters. The fourth-order valence-electron chi connectivity index (χ4n) is 1.41. The van der Waals surface area contributed by atoms with Crippen molar-refractivity contribution in [1.29, 1.82) is 0 Å². The number of hydrogen-bond donors (Lipinski definition) is 0. The molecule has 0 fully saturated rings. The van der Waals surface area contributed by atoms with Crippen LogP contribution < -0.4 is 0 Å². The fourth-order valence-corrected chi connectivity index (χ4v) is 1.41. The zero-order chi connectivity index (χ0) is 11.4. The van der Waals surface area contributed by atoms with Crippen LogP contribution >= 0.6 is 0 Å². The van der Waals surface area contributed by atoms with Crippen LogP contribution in [0, 0.1) is 13.8 Å². The molecule has 0 atom stereocenters. The predicted molar refractivity (Wildman–Crippen MR) is 57.3 cm³/mol. The standard InChI is InChI=1S/C12H14O3/c1-4-15-12(14)11-9(3)8(2)5-6-10(11)7-13/h5-7H,4H2,1-3H3. The molecule has 0 spiro atoms. The van der Waals surface area contributed by atoms with Gasteiger partial charge in [-0.05, 0) is 31.9 Å². The summed E-state index contributed by atoms with van der Waals surface area (Å²) in [7, 11) is 0. The highest BCUT2D eigenvalue weighted by atomic mass is 16.5. The number of aryl methyl sites for hydroxylation is 1. The number of rotatable bonds is 3. The molecule has 1 aromatic rings. The number of carbonyl (C=O) groups is 2. The maximum absolute atomic E-state index is 11.6. The lowest BCUT2D eigenvalue weighted by Crippen LogP contribution is -2.11. The van der Waals surface area contributed by atoms with E-state index in [-0.39, 0.29) is 0 Å². The summed E-state index contributed by atoms with van der Waals surface area (Å²) in [6.07, 6.45) is 0.679. The van der Waals surface area contributed by atoms with Crippen molar-refractivity contribution < 1.29 is 14.3 Å². The van der Waals surface area contributed by atoms with Crippen molar-refractivity contribution in [3.05, 3.63) is 34.4 Å². The molecule has 3 nitrogen and oxygen atoms in total. The van der Waals surface area contributed by atoms with Gasteiger partial charge in [0.1, 0.15) is 0 Å². The second-order valence-electron chi connectivity index (χ2n) is 3.31. The van der Waals surface area contributed by atoms with Gasteiger partial charge in [0.15, 0.2) is 6.29 Å².